The highest BCUT2D eigenvalue weighted by Crippen LogP contribution is 2.40. The molecule has 1 heterocycles. The van der Waals surface area contributed by atoms with Crippen molar-refractivity contribution in [3.05, 3.63) is 77.9 Å². The summed E-state index contributed by atoms with van der Waals surface area (Å²) >= 11 is 0. The van der Waals surface area contributed by atoms with E-state index in [0.29, 0.717) is 17.9 Å². The summed E-state index contributed by atoms with van der Waals surface area (Å²) in [6.07, 6.45) is 8.31. The Morgan fingerprint density at radius 2 is 1.93 bits per heavy atom. The first-order valence-corrected chi connectivity index (χ1v) is 10.1. The Labute approximate surface area is 171 Å². The fraction of sp³-hybridized carbons (Fsp3) is 0.333. The second kappa shape index (κ2) is 8.11. The zero-order valence-corrected chi connectivity index (χ0v) is 17.0. The average molecular weight is 389 g/mol. The van der Waals surface area contributed by atoms with Crippen molar-refractivity contribution in [2.75, 3.05) is 13.7 Å². The van der Waals surface area contributed by atoms with Crippen LogP contribution < -0.4 is 10.1 Å². The summed E-state index contributed by atoms with van der Waals surface area (Å²) in [6.45, 7) is 2.59. The van der Waals surface area contributed by atoms with Crippen LogP contribution in [0.25, 0.3) is 5.69 Å². The number of aryl methyl sites for hydroxylation is 1. The van der Waals surface area contributed by atoms with Gasteiger partial charge in [-0.2, -0.15) is 0 Å². The van der Waals surface area contributed by atoms with Gasteiger partial charge in [-0.25, -0.2) is 4.98 Å². The van der Waals surface area contributed by atoms with Gasteiger partial charge < -0.3 is 14.6 Å². The van der Waals surface area contributed by atoms with Crippen molar-refractivity contribution in [1.82, 2.24) is 14.9 Å². The fourth-order valence-electron chi connectivity index (χ4n) is 4.35. The summed E-state index contributed by atoms with van der Waals surface area (Å²) in [7, 11) is 1.62. The van der Waals surface area contributed by atoms with Gasteiger partial charge in [0.25, 0.3) is 5.91 Å². The maximum atomic E-state index is 12.9. The highest BCUT2D eigenvalue weighted by atomic mass is 16.5. The lowest BCUT2D eigenvalue weighted by atomic mass is 9.79. The van der Waals surface area contributed by atoms with Gasteiger partial charge in [-0.1, -0.05) is 43.2 Å². The molecule has 0 bridgehead atoms. The van der Waals surface area contributed by atoms with Crippen LogP contribution in [0.1, 0.15) is 47.3 Å². The minimum absolute atomic E-state index is 0.0370. The molecular formula is C24H27N3O2. The van der Waals surface area contributed by atoms with Gasteiger partial charge in [-0.3, -0.25) is 4.79 Å². The van der Waals surface area contributed by atoms with Crippen LogP contribution in [0.5, 0.6) is 5.75 Å². The third kappa shape index (κ3) is 3.90. The second-order valence-corrected chi connectivity index (χ2v) is 7.85. The van der Waals surface area contributed by atoms with E-state index in [2.05, 4.69) is 34.6 Å². The molecule has 0 unspecified atom stereocenters. The van der Waals surface area contributed by atoms with E-state index >= 15 is 0 Å². The van der Waals surface area contributed by atoms with Crippen LogP contribution in [-0.4, -0.2) is 29.1 Å². The molecule has 0 spiro atoms. The van der Waals surface area contributed by atoms with E-state index in [9.17, 15) is 4.79 Å². The molecule has 29 heavy (non-hydrogen) atoms. The summed E-state index contributed by atoms with van der Waals surface area (Å²) in [5, 5.41) is 3.18. The number of amides is 1. The Bertz CT molecular complexity index is 988. The molecule has 1 aromatic heterocycles. The summed E-state index contributed by atoms with van der Waals surface area (Å²) in [4.78, 5) is 17.2. The molecule has 1 fully saturated rings. The van der Waals surface area contributed by atoms with Crippen LogP contribution in [0, 0.1) is 6.92 Å². The Kier molecular flexibility index (Phi) is 5.38. The van der Waals surface area contributed by atoms with Gasteiger partial charge in [0.1, 0.15) is 5.75 Å². The van der Waals surface area contributed by atoms with Crippen LogP contribution in [0.15, 0.2) is 61.1 Å². The number of aromatic nitrogens is 2. The molecule has 0 saturated heterocycles. The van der Waals surface area contributed by atoms with Crippen molar-refractivity contribution in [3.8, 4) is 11.4 Å². The SMILES string of the molecule is COc1cc(C(=O)NCC2(c3ccccc3)CCCC2)ccc1-n1cnc(C)c1. The van der Waals surface area contributed by atoms with E-state index in [4.69, 9.17) is 4.74 Å². The molecule has 1 aliphatic carbocycles. The molecule has 1 amide bonds. The minimum atomic E-state index is -0.0705. The number of rotatable bonds is 6. The minimum Gasteiger partial charge on any atom is -0.495 e. The van der Waals surface area contributed by atoms with Crippen LogP contribution in [0.3, 0.4) is 0 Å². The number of nitrogens with zero attached hydrogens (tertiary/aromatic N) is 2. The normalized spacial score (nSPS) is 15.2. The van der Waals surface area contributed by atoms with E-state index in [1.54, 1.807) is 19.5 Å². The predicted molar refractivity (Wildman–Crippen MR) is 114 cm³/mol. The lowest BCUT2D eigenvalue weighted by molar-refractivity contribution is 0.0943. The third-order valence-corrected chi connectivity index (χ3v) is 5.97. The van der Waals surface area contributed by atoms with E-state index in [1.807, 2.05) is 35.9 Å². The zero-order chi connectivity index (χ0) is 20.3. The van der Waals surface area contributed by atoms with Crippen LogP contribution >= 0.6 is 0 Å². The standard InChI is InChI=1S/C24H27N3O2/c1-18-15-27(17-26-18)21-11-10-19(14-22(21)29-2)23(28)25-16-24(12-6-7-13-24)20-8-4-3-5-9-20/h3-5,8-11,14-15,17H,6-7,12-13,16H2,1-2H3,(H,25,28). The van der Waals surface area contributed by atoms with E-state index in [0.717, 1.165) is 24.2 Å². The van der Waals surface area contributed by atoms with Crippen molar-refractivity contribution >= 4 is 5.91 Å². The summed E-state index contributed by atoms with van der Waals surface area (Å²) in [5.74, 6) is 0.576. The molecule has 150 valence electrons. The largest absolute Gasteiger partial charge is 0.495 e. The monoisotopic (exact) mass is 389 g/mol. The summed E-state index contributed by atoms with van der Waals surface area (Å²) in [6, 6.07) is 16.1. The van der Waals surface area contributed by atoms with Crippen molar-refractivity contribution < 1.29 is 9.53 Å². The fourth-order valence-corrected chi connectivity index (χ4v) is 4.35. The number of hydrogen-bond acceptors (Lipinski definition) is 3. The van der Waals surface area contributed by atoms with Crippen molar-refractivity contribution in [1.29, 1.82) is 0 Å². The van der Waals surface area contributed by atoms with E-state index in [-0.39, 0.29) is 11.3 Å². The molecule has 5 heteroatoms. The van der Waals surface area contributed by atoms with E-state index < -0.39 is 0 Å². The molecule has 1 saturated carbocycles. The van der Waals surface area contributed by atoms with Crippen molar-refractivity contribution in [2.24, 2.45) is 0 Å². The topological polar surface area (TPSA) is 56.1 Å². The lowest BCUT2D eigenvalue weighted by Crippen LogP contribution is -2.39. The van der Waals surface area contributed by atoms with Gasteiger partial charge in [-0.15, -0.1) is 0 Å². The maximum absolute atomic E-state index is 12.9. The number of methoxy groups -OCH3 is 1. The average Bonchev–Trinajstić information content (AvgIpc) is 3.42. The molecule has 2 aromatic carbocycles. The molecule has 0 radical (unpaired) electrons. The first kappa shape index (κ1) is 19.2. The van der Waals surface area contributed by atoms with Gasteiger partial charge in [0.15, 0.2) is 0 Å². The van der Waals surface area contributed by atoms with Crippen LogP contribution in [-0.2, 0) is 5.41 Å². The number of nitrogens with one attached hydrogen (secondary N) is 1. The Balaban J connectivity index is 1.52. The van der Waals surface area contributed by atoms with Crippen LogP contribution in [0.2, 0.25) is 0 Å². The molecule has 1 aliphatic rings. The molecule has 4 rings (SSSR count). The Morgan fingerprint density at radius 3 is 2.59 bits per heavy atom. The molecular weight excluding hydrogens is 362 g/mol. The van der Waals surface area contributed by atoms with Gasteiger partial charge >= 0.3 is 0 Å². The first-order valence-electron chi connectivity index (χ1n) is 10.1. The lowest BCUT2D eigenvalue weighted by Gasteiger charge is -2.30. The Morgan fingerprint density at radius 1 is 1.17 bits per heavy atom. The number of carbonyl (C=O) groups is 1. The predicted octanol–water partition coefficient (Wildman–Crippen LogP) is 4.43. The second-order valence-electron chi connectivity index (χ2n) is 7.85. The number of carbonyl (C=O) groups excluding carboxylic acids is 1. The molecule has 0 aliphatic heterocycles. The number of ether oxygens (including phenoxy) is 1. The van der Waals surface area contributed by atoms with Gasteiger partial charge in [0.05, 0.1) is 24.8 Å². The third-order valence-electron chi connectivity index (χ3n) is 5.97. The Hall–Kier alpha value is -3.08. The number of imidazole rings is 1. The maximum Gasteiger partial charge on any atom is 0.251 e. The van der Waals surface area contributed by atoms with Gasteiger partial charge in [0, 0.05) is 23.7 Å². The van der Waals surface area contributed by atoms with E-state index in [1.165, 1.54) is 18.4 Å². The molecule has 1 N–H and O–H groups in total. The number of benzene rings is 2. The molecule has 5 nitrogen and oxygen atoms in total. The zero-order valence-electron chi connectivity index (χ0n) is 17.0. The first-order chi connectivity index (χ1) is 14.1. The smallest absolute Gasteiger partial charge is 0.251 e. The number of hydrogen-bond donors (Lipinski definition) is 1. The van der Waals surface area contributed by atoms with Gasteiger partial charge in [0.2, 0.25) is 0 Å². The van der Waals surface area contributed by atoms with Crippen LogP contribution in [0.4, 0.5) is 0 Å². The van der Waals surface area contributed by atoms with Crippen molar-refractivity contribution in [3.63, 3.8) is 0 Å². The summed E-state index contributed by atoms with van der Waals surface area (Å²) in [5.41, 5.74) is 3.75. The quantitative estimate of drug-likeness (QED) is 0.678. The summed E-state index contributed by atoms with van der Waals surface area (Å²) < 4.78 is 7.44. The highest BCUT2D eigenvalue weighted by molar-refractivity contribution is 5.95. The van der Waals surface area contributed by atoms with Crippen molar-refractivity contribution in [2.45, 2.75) is 38.0 Å². The molecule has 3 aromatic rings. The van der Waals surface area contributed by atoms with Gasteiger partial charge in [-0.05, 0) is 43.5 Å². The molecule has 0 atom stereocenters. The highest BCUT2D eigenvalue weighted by Gasteiger charge is 2.35.